The van der Waals surface area contributed by atoms with Crippen molar-refractivity contribution >= 4 is 0 Å². The molecule has 2 aromatic heterocycles. The summed E-state index contributed by atoms with van der Waals surface area (Å²) in [4.78, 5) is 31.6. The van der Waals surface area contributed by atoms with E-state index in [0.29, 0.717) is 34.9 Å². The number of hydrogen-bond acceptors (Lipinski definition) is 6. The largest absolute Gasteiger partial charge is 0.208 e. The Balaban J connectivity index is 0.993. The first-order valence-electron chi connectivity index (χ1n) is 24.0. The summed E-state index contributed by atoms with van der Waals surface area (Å²) >= 11 is 0. The molecule has 0 aliphatic carbocycles. The highest BCUT2D eigenvalue weighted by Gasteiger charge is 2.20. The lowest BCUT2D eigenvalue weighted by atomic mass is 9.97. The average molecular weight is 921 g/mol. The quantitative estimate of drug-likeness (QED) is 0.129. The van der Waals surface area contributed by atoms with Crippen LogP contribution in [-0.4, -0.2) is 29.9 Å². The molecule has 0 unspecified atom stereocenters. The molecule has 0 spiro atoms. The number of rotatable bonds is 11. The summed E-state index contributed by atoms with van der Waals surface area (Å²) in [5.74, 6) is 3.50. The minimum absolute atomic E-state index is 0.569. The highest BCUT2D eigenvalue weighted by Crippen LogP contribution is 2.38. The van der Waals surface area contributed by atoms with E-state index < -0.39 is 0 Å². The Morgan fingerprint density at radius 3 is 0.597 bits per heavy atom. The fraction of sp³-hybridized carbons (Fsp3) is 0. The van der Waals surface area contributed by atoms with E-state index in [1.54, 1.807) is 0 Å². The molecule has 338 valence electrons. The molecule has 0 bridgehead atoms. The second-order valence-electron chi connectivity index (χ2n) is 17.4. The lowest BCUT2D eigenvalue weighted by Crippen LogP contribution is -2.02. The zero-order valence-electron chi connectivity index (χ0n) is 39.1. The van der Waals surface area contributed by atoms with Gasteiger partial charge in [0.1, 0.15) is 0 Å². The summed E-state index contributed by atoms with van der Waals surface area (Å²) in [7, 11) is 0. The highest BCUT2D eigenvalue weighted by atomic mass is 15.0. The van der Waals surface area contributed by atoms with Gasteiger partial charge in [0, 0.05) is 33.4 Å². The number of benzene rings is 10. The van der Waals surface area contributed by atoms with Crippen LogP contribution in [0.4, 0.5) is 0 Å². The minimum Gasteiger partial charge on any atom is -0.208 e. The van der Waals surface area contributed by atoms with Crippen molar-refractivity contribution in [3.05, 3.63) is 267 Å². The smallest absolute Gasteiger partial charge is 0.164 e. The van der Waals surface area contributed by atoms with Crippen molar-refractivity contribution in [1.82, 2.24) is 29.9 Å². The predicted molar refractivity (Wildman–Crippen MR) is 293 cm³/mol. The zero-order chi connectivity index (χ0) is 48.1. The Hall–Kier alpha value is -9.78. The van der Waals surface area contributed by atoms with E-state index in [2.05, 4.69) is 218 Å². The van der Waals surface area contributed by atoms with Crippen molar-refractivity contribution in [2.24, 2.45) is 0 Å². The van der Waals surface area contributed by atoms with Gasteiger partial charge in [-0.05, 0) is 67.8 Å². The fourth-order valence-corrected chi connectivity index (χ4v) is 9.36. The van der Waals surface area contributed by atoms with Crippen LogP contribution in [0.3, 0.4) is 0 Å². The van der Waals surface area contributed by atoms with Crippen LogP contribution in [0.15, 0.2) is 267 Å². The Morgan fingerprint density at radius 1 is 0.139 bits per heavy atom. The minimum atomic E-state index is 0.569. The van der Waals surface area contributed by atoms with Crippen molar-refractivity contribution < 1.29 is 0 Å². The van der Waals surface area contributed by atoms with Crippen LogP contribution < -0.4 is 0 Å². The standard InChI is InChI=1S/C66H44N6/c1-5-23-45(24-6-1)53-35-13-17-39-57(53)63-67-61(68-64(71-63)58-40-18-14-36-54(58)46-25-7-2-8-26-46)51-33-21-31-49(43-51)50-32-22-34-52(44-50)62-69-65(59-41-19-15-37-55(59)47-27-9-3-10-28-47)72-66(70-62)60-42-20-16-38-56(60)48-29-11-4-12-30-48/h1-44H. The Bertz CT molecular complexity index is 3400. The molecule has 6 nitrogen and oxygen atoms in total. The topological polar surface area (TPSA) is 77.3 Å². The van der Waals surface area contributed by atoms with Crippen LogP contribution in [0.5, 0.6) is 0 Å². The molecule has 0 saturated carbocycles. The van der Waals surface area contributed by atoms with Gasteiger partial charge in [0.05, 0.1) is 0 Å². The van der Waals surface area contributed by atoms with E-state index in [-0.39, 0.29) is 0 Å². The van der Waals surface area contributed by atoms with Crippen molar-refractivity contribution in [2.45, 2.75) is 0 Å². The number of aromatic nitrogens is 6. The van der Waals surface area contributed by atoms with Crippen molar-refractivity contribution in [2.75, 3.05) is 0 Å². The van der Waals surface area contributed by atoms with Gasteiger partial charge in [-0.1, -0.05) is 255 Å². The lowest BCUT2D eigenvalue weighted by molar-refractivity contribution is 1.07. The highest BCUT2D eigenvalue weighted by molar-refractivity contribution is 5.87. The normalized spacial score (nSPS) is 11.1. The molecular formula is C66H44N6. The molecule has 12 aromatic rings. The Kier molecular flexibility index (Phi) is 11.9. The van der Waals surface area contributed by atoms with Crippen LogP contribution in [0, 0.1) is 0 Å². The number of nitrogens with zero attached hydrogens (tertiary/aromatic N) is 6. The van der Waals surface area contributed by atoms with E-state index in [0.717, 1.165) is 89.0 Å². The number of hydrogen-bond donors (Lipinski definition) is 0. The SMILES string of the molecule is c1ccc(-c2ccccc2-c2nc(-c3cccc(-c4cccc(-c5nc(-c6ccccc6-c6ccccc6)nc(-c6ccccc6-c6ccccc6)n5)c4)c3)nc(-c3ccccc3-c3ccccc3)n2)cc1. The zero-order valence-corrected chi connectivity index (χ0v) is 39.1. The third-order valence-corrected chi connectivity index (χ3v) is 12.9. The second kappa shape index (κ2) is 19.7. The molecule has 0 aliphatic rings. The van der Waals surface area contributed by atoms with Crippen LogP contribution in [0.1, 0.15) is 0 Å². The summed E-state index contributed by atoms with van der Waals surface area (Å²) in [5.41, 5.74) is 15.9. The van der Waals surface area contributed by atoms with Crippen LogP contribution in [0.25, 0.3) is 124 Å². The Labute approximate surface area is 418 Å². The van der Waals surface area contributed by atoms with Gasteiger partial charge in [0.15, 0.2) is 34.9 Å². The van der Waals surface area contributed by atoms with E-state index in [4.69, 9.17) is 29.9 Å². The molecule has 72 heavy (non-hydrogen) atoms. The van der Waals surface area contributed by atoms with E-state index in [1.165, 1.54) is 0 Å². The maximum Gasteiger partial charge on any atom is 0.164 e. The van der Waals surface area contributed by atoms with Gasteiger partial charge in [-0.15, -0.1) is 0 Å². The molecule has 0 aliphatic heterocycles. The van der Waals surface area contributed by atoms with Crippen LogP contribution >= 0.6 is 0 Å². The van der Waals surface area contributed by atoms with Crippen LogP contribution in [0.2, 0.25) is 0 Å². The first-order valence-corrected chi connectivity index (χ1v) is 24.0. The van der Waals surface area contributed by atoms with Gasteiger partial charge in [0.25, 0.3) is 0 Å². The molecule has 0 saturated heterocycles. The average Bonchev–Trinajstić information content (AvgIpc) is 3.48. The van der Waals surface area contributed by atoms with Gasteiger partial charge >= 0.3 is 0 Å². The maximum absolute atomic E-state index is 5.27. The third-order valence-electron chi connectivity index (χ3n) is 12.9. The molecule has 0 atom stereocenters. The maximum atomic E-state index is 5.27. The van der Waals surface area contributed by atoms with Crippen molar-refractivity contribution in [3.8, 4) is 124 Å². The molecule has 0 radical (unpaired) electrons. The first-order chi connectivity index (χ1) is 35.7. The van der Waals surface area contributed by atoms with Crippen molar-refractivity contribution in [3.63, 3.8) is 0 Å². The molecule has 2 heterocycles. The fourth-order valence-electron chi connectivity index (χ4n) is 9.36. The monoisotopic (exact) mass is 920 g/mol. The summed E-state index contributed by atoms with van der Waals surface area (Å²) in [6.45, 7) is 0. The molecular weight excluding hydrogens is 877 g/mol. The molecule has 6 heteroatoms. The van der Waals surface area contributed by atoms with E-state index in [9.17, 15) is 0 Å². The molecule has 0 fully saturated rings. The van der Waals surface area contributed by atoms with Gasteiger partial charge < -0.3 is 0 Å². The Morgan fingerprint density at radius 2 is 0.333 bits per heavy atom. The molecule has 10 aromatic carbocycles. The summed E-state index contributed by atoms with van der Waals surface area (Å²) < 4.78 is 0. The van der Waals surface area contributed by atoms with E-state index >= 15 is 0 Å². The van der Waals surface area contributed by atoms with Crippen LogP contribution in [-0.2, 0) is 0 Å². The molecule has 0 amide bonds. The second-order valence-corrected chi connectivity index (χ2v) is 17.4. The van der Waals surface area contributed by atoms with Crippen molar-refractivity contribution in [1.29, 1.82) is 0 Å². The summed E-state index contributed by atoms with van der Waals surface area (Å²) in [6, 6.07) is 91.7. The molecule has 12 rings (SSSR count). The van der Waals surface area contributed by atoms with Gasteiger partial charge in [-0.25, -0.2) is 29.9 Å². The first kappa shape index (κ1) is 43.5. The lowest BCUT2D eigenvalue weighted by Gasteiger charge is -2.15. The van der Waals surface area contributed by atoms with Gasteiger partial charge in [-0.3, -0.25) is 0 Å². The predicted octanol–water partition coefficient (Wildman–Crippen LogP) is 16.4. The summed E-state index contributed by atoms with van der Waals surface area (Å²) in [5, 5.41) is 0. The molecule has 0 N–H and O–H groups in total. The van der Waals surface area contributed by atoms with Gasteiger partial charge in [0.2, 0.25) is 0 Å². The third kappa shape index (κ3) is 8.88. The van der Waals surface area contributed by atoms with Gasteiger partial charge in [-0.2, -0.15) is 0 Å². The van der Waals surface area contributed by atoms with E-state index in [1.807, 2.05) is 48.5 Å². The summed E-state index contributed by atoms with van der Waals surface area (Å²) in [6.07, 6.45) is 0.